The highest BCUT2D eigenvalue weighted by Crippen LogP contribution is 2.24. The molecule has 1 aromatic rings. The Bertz CT molecular complexity index is 679. The van der Waals surface area contributed by atoms with Gasteiger partial charge in [0.25, 0.3) is 0 Å². The summed E-state index contributed by atoms with van der Waals surface area (Å²) in [4.78, 5) is 0.238. The van der Waals surface area contributed by atoms with E-state index in [0.29, 0.717) is 12.0 Å². The Labute approximate surface area is 114 Å². The van der Waals surface area contributed by atoms with Gasteiger partial charge in [-0.1, -0.05) is 18.2 Å². The summed E-state index contributed by atoms with van der Waals surface area (Å²) in [6.45, 7) is 1.73. The van der Waals surface area contributed by atoms with Crippen molar-refractivity contribution in [3.63, 3.8) is 0 Å². The molecule has 5 nitrogen and oxygen atoms in total. The number of sulfonamides is 1. The molecule has 0 spiro atoms. The lowest BCUT2D eigenvalue weighted by Crippen LogP contribution is -2.38. The molecule has 0 N–H and O–H groups in total. The Morgan fingerprint density at radius 3 is 2.42 bits per heavy atom. The highest BCUT2D eigenvalue weighted by Gasteiger charge is 2.36. The maximum absolute atomic E-state index is 12.5. The van der Waals surface area contributed by atoms with Crippen LogP contribution in [0.3, 0.4) is 0 Å². The van der Waals surface area contributed by atoms with E-state index in [2.05, 4.69) is 0 Å². The van der Waals surface area contributed by atoms with E-state index in [4.69, 9.17) is 0 Å². The van der Waals surface area contributed by atoms with E-state index in [9.17, 15) is 16.8 Å². The fourth-order valence-corrected chi connectivity index (χ4v) is 5.74. The molecule has 19 heavy (non-hydrogen) atoms. The summed E-state index contributed by atoms with van der Waals surface area (Å²) in [6.07, 6.45) is 0.365. The van der Waals surface area contributed by atoms with Crippen LogP contribution in [-0.4, -0.2) is 45.7 Å². The third-order valence-electron chi connectivity index (χ3n) is 3.47. The second-order valence-corrected chi connectivity index (χ2v) is 9.04. The molecular weight excluding hydrogens is 286 g/mol. The molecule has 1 unspecified atom stereocenters. The second-order valence-electron chi connectivity index (χ2n) is 4.84. The minimum atomic E-state index is -3.63. The molecule has 1 aliphatic rings. The van der Waals surface area contributed by atoms with E-state index in [1.807, 2.05) is 0 Å². The molecule has 7 heteroatoms. The van der Waals surface area contributed by atoms with Gasteiger partial charge in [-0.25, -0.2) is 16.8 Å². The Hall–Kier alpha value is -0.920. The van der Waals surface area contributed by atoms with Gasteiger partial charge in [0, 0.05) is 13.1 Å². The van der Waals surface area contributed by atoms with Gasteiger partial charge in [0.05, 0.1) is 16.4 Å². The number of nitrogens with zero attached hydrogens (tertiary/aromatic N) is 1. The van der Waals surface area contributed by atoms with Crippen molar-refractivity contribution in [3.05, 3.63) is 29.8 Å². The minimum Gasteiger partial charge on any atom is -0.229 e. The lowest BCUT2D eigenvalue weighted by molar-refractivity contribution is 0.393. The zero-order valence-corrected chi connectivity index (χ0v) is 12.5. The van der Waals surface area contributed by atoms with Crippen LogP contribution in [0.15, 0.2) is 29.2 Å². The fraction of sp³-hybridized carbons (Fsp3) is 0.500. The molecule has 0 aromatic heterocycles. The fourth-order valence-electron chi connectivity index (χ4n) is 2.26. The van der Waals surface area contributed by atoms with E-state index in [-0.39, 0.29) is 16.4 Å². The molecule has 0 amide bonds. The van der Waals surface area contributed by atoms with Crippen molar-refractivity contribution in [2.45, 2.75) is 24.3 Å². The molecule has 1 saturated heterocycles. The molecule has 0 aliphatic carbocycles. The first kappa shape index (κ1) is 14.5. The van der Waals surface area contributed by atoms with Crippen LogP contribution >= 0.6 is 0 Å². The van der Waals surface area contributed by atoms with Crippen molar-refractivity contribution in [1.29, 1.82) is 0 Å². The molecule has 1 aliphatic heterocycles. The third kappa shape index (κ3) is 2.82. The van der Waals surface area contributed by atoms with Gasteiger partial charge in [0.15, 0.2) is 9.84 Å². The topological polar surface area (TPSA) is 71.5 Å². The Balaban J connectivity index is 2.34. The summed E-state index contributed by atoms with van der Waals surface area (Å²) < 4.78 is 49.1. The van der Waals surface area contributed by atoms with Crippen LogP contribution in [0.25, 0.3) is 0 Å². The molecule has 106 valence electrons. The van der Waals surface area contributed by atoms with Crippen LogP contribution in [0.2, 0.25) is 0 Å². The van der Waals surface area contributed by atoms with Gasteiger partial charge in [-0.05, 0) is 25.0 Å². The standard InChI is InChI=1S/C12H17NO4S2/c1-10-5-3-4-6-12(10)19(16,17)13(2)11-7-8-18(14,15)9-11/h3-6,11H,7-9H2,1-2H3. The average Bonchev–Trinajstić information content (AvgIpc) is 2.69. The monoisotopic (exact) mass is 303 g/mol. The normalized spacial score (nSPS) is 22.8. The second kappa shape index (κ2) is 4.88. The quantitative estimate of drug-likeness (QED) is 0.828. The molecule has 2 rings (SSSR count). The van der Waals surface area contributed by atoms with E-state index in [1.54, 1.807) is 31.2 Å². The number of hydrogen-bond donors (Lipinski definition) is 0. The first-order valence-electron chi connectivity index (χ1n) is 5.98. The SMILES string of the molecule is Cc1ccccc1S(=O)(=O)N(C)C1CCS(=O)(=O)C1. The summed E-state index contributed by atoms with van der Waals surface area (Å²) in [6, 6.07) is 6.25. The van der Waals surface area contributed by atoms with Crippen molar-refractivity contribution in [1.82, 2.24) is 4.31 Å². The average molecular weight is 303 g/mol. The maximum Gasteiger partial charge on any atom is 0.243 e. The van der Waals surface area contributed by atoms with Gasteiger partial charge < -0.3 is 0 Å². The first-order chi connectivity index (χ1) is 8.74. The van der Waals surface area contributed by atoms with Crippen molar-refractivity contribution in [3.8, 4) is 0 Å². The predicted octanol–water partition coefficient (Wildman–Crippen LogP) is 0.803. The first-order valence-corrected chi connectivity index (χ1v) is 9.24. The Morgan fingerprint density at radius 1 is 1.26 bits per heavy atom. The number of hydrogen-bond acceptors (Lipinski definition) is 4. The zero-order chi connectivity index (χ0) is 14.3. The van der Waals surface area contributed by atoms with Gasteiger partial charge in [-0.3, -0.25) is 0 Å². The largest absolute Gasteiger partial charge is 0.243 e. The minimum absolute atomic E-state index is 0.0608. The molecule has 0 saturated carbocycles. The van der Waals surface area contributed by atoms with E-state index >= 15 is 0 Å². The van der Waals surface area contributed by atoms with E-state index in [0.717, 1.165) is 0 Å². The predicted molar refractivity (Wildman–Crippen MR) is 73.2 cm³/mol. The summed E-state index contributed by atoms with van der Waals surface area (Å²) in [5.41, 5.74) is 0.662. The maximum atomic E-state index is 12.5. The van der Waals surface area contributed by atoms with Gasteiger partial charge >= 0.3 is 0 Å². The summed E-state index contributed by atoms with van der Waals surface area (Å²) >= 11 is 0. The van der Waals surface area contributed by atoms with Gasteiger partial charge in [0.2, 0.25) is 10.0 Å². The Morgan fingerprint density at radius 2 is 1.89 bits per heavy atom. The van der Waals surface area contributed by atoms with Crippen molar-refractivity contribution in [2.75, 3.05) is 18.6 Å². The zero-order valence-electron chi connectivity index (χ0n) is 10.9. The third-order valence-corrected chi connectivity index (χ3v) is 7.29. The van der Waals surface area contributed by atoms with Gasteiger partial charge in [-0.15, -0.1) is 0 Å². The number of rotatable bonds is 3. The highest BCUT2D eigenvalue weighted by molar-refractivity contribution is 7.92. The van der Waals surface area contributed by atoms with Crippen molar-refractivity contribution >= 4 is 19.9 Å². The lowest BCUT2D eigenvalue weighted by atomic mass is 10.2. The molecule has 1 atom stereocenters. The highest BCUT2D eigenvalue weighted by atomic mass is 32.2. The van der Waals surface area contributed by atoms with E-state index < -0.39 is 25.9 Å². The van der Waals surface area contributed by atoms with Gasteiger partial charge in [-0.2, -0.15) is 4.31 Å². The summed E-state index contributed by atoms with van der Waals surface area (Å²) in [7, 11) is -5.28. The van der Waals surface area contributed by atoms with Crippen LogP contribution in [-0.2, 0) is 19.9 Å². The van der Waals surface area contributed by atoms with Crippen LogP contribution in [0, 0.1) is 6.92 Å². The van der Waals surface area contributed by atoms with Crippen LogP contribution in [0.5, 0.6) is 0 Å². The lowest BCUT2D eigenvalue weighted by Gasteiger charge is -2.23. The molecule has 0 radical (unpaired) electrons. The van der Waals surface area contributed by atoms with Crippen molar-refractivity contribution < 1.29 is 16.8 Å². The smallest absolute Gasteiger partial charge is 0.229 e. The van der Waals surface area contributed by atoms with Crippen LogP contribution < -0.4 is 0 Å². The summed E-state index contributed by atoms with van der Waals surface area (Å²) in [5.74, 6) is -0.0279. The van der Waals surface area contributed by atoms with Crippen molar-refractivity contribution in [2.24, 2.45) is 0 Å². The van der Waals surface area contributed by atoms with Crippen LogP contribution in [0.4, 0.5) is 0 Å². The molecule has 1 heterocycles. The molecule has 0 bridgehead atoms. The molecule has 1 fully saturated rings. The van der Waals surface area contributed by atoms with Gasteiger partial charge in [0.1, 0.15) is 0 Å². The number of sulfone groups is 1. The molecular formula is C12H17NO4S2. The summed E-state index contributed by atoms with van der Waals surface area (Å²) in [5, 5.41) is 0. The number of benzene rings is 1. The Kier molecular flexibility index (Phi) is 3.72. The number of aryl methyl sites for hydroxylation is 1. The van der Waals surface area contributed by atoms with Crippen LogP contribution in [0.1, 0.15) is 12.0 Å². The molecule has 1 aromatic carbocycles. The van der Waals surface area contributed by atoms with E-state index in [1.165, 1.54) is 11.4 Å².